The number of aryl methyl sites for hydroxylation is 1. The van der Waals surface area contributed by atoms with Gasteiger partial charge in [0.25, 0.3) is 5.69 Å². The molecule has 1 heterocycles. The van der Waals surface area contributed by atoms with Gasteiger partial charge in [0.1, 0.15) is 6.20 Å². The molecule has 0 saturated heterocycles. The Hall–Kier alpha value is -1.96. The van der Waals surface area contributed by atoms with Crippen molar-refractivity contribution >= 4 is 5.69 Å². The Morgan fingerprint density at radius 1 is 1.73 bits per heavy atom. The normalized spacial score (nSPS) is 11.8. The van der Waals surface area contributed by atoms with E-state index >= 15 is 0 Å². The molecule has 0 aliphatic heterocycles. The predicted molar refractivity (Wildman–Crippen MR) is 54.1 cm³/mol. The number of nitriles is 1. The molecule has 0 bridgehead atoms. The molecule has 78 valence electrons. The molecule has 0 spiro atoms. The lowest BCUT2D eigenvalue weighted by molar-refractivity contribution is -0.385. The Bertz CT molecular complexity index is 423. The number of aromatic nitrogens is 1. The summed E-state index contributed by atoms with van der Waals surface area (Å²) in [6, 6.07) is 3.58. The minimum atomic E-state index is -0.475. The zero-order chi connectivity index (χ0) is 11.4. The van der Waals surface area contributed by atoms with Gasteiger partial charge in [-0.3, -0.25) is 15.1 Å². The van der Waals surface area contributed by atoms with E-state index in [0.29, 0.717) is 6.42 Å². The number of pyridine rings is 1. The molecule has 0 aliphatic carbocycles. The molecule has 0 amide bonds. The first-order valence-electron chi connectivity index (χ1n) is 4.54. The highest BCUT2D eigenvalue weighted by Crippen LogP contribution is 2.16. The summed E-state index contributed by atoms with van der Waals surface area (Å²) in [5, 5.41) is 19.1. The lowest BCUT2D eigenvalue weighted by Gasteiger charge is -2.05. The van der Waals surface area contributed by atoms with Crippen molar-refractivity contribution in [3.63, 3.8) is 0 Å². The first kappa shape index (κ1) is 11.1. The SMILES string of the molecule is Cc1cc([N+](=O)[O-])cnc1CC(C)C#N. The molecule has 0 fully saturated rings. The van der Waals surface area contributed by atoms with Crippen LogP contribution in [0, 0.1) is 34.3 Å². The third-order valence-electron chi connectivity index (χ3n) is 2.10. The van der Waals surface area contributed by atoms with Crippen LogP contribution < -0.4 is 0 Å². The van der Waals surface area contributed by atoms with Crippen LogP contribution in [0.1, 0.15) is 18.2 Å². The van der Waals surface area contributed by atoms with Crippen molar-refractivity contribution in [2.75, 3.05) is 0 Å². The van der Waals surface area contributed by atoms with Crippen LogP contribution >= 0.6 is 0 Å². The molecule has 0 aromatic carbocycles. The number of rotatable bonds is 3. The second-order valence-corrected chi connectivity index (χ2v) is 3.45. The molecule has 5 heteroatoms. The summed E-state index contributed by atoms with van der Waals surface area (Å²) in [5.41, 5.74) is 1.49. The van der Waals surface area contributed by atoms with Crippen LogP contribution in [0.4, 0.5) is 5.69 Å². The molecular formula is C10H11N3O2. The monoisotopic (exact) mass is 205 g/mol. The van der Waals surface area contributed by atoms with Crippen LogP contribution in [-0.4, -0.2) is 9.91 Å². The fourth-order valence-electron chi connectivity index (χ4n) is 1.24. The second kappa shape index (κ2) is 4.51. The molecule has 1 atom stereocenters. The topological polar surface area (TPSA) is 79.8 Å². The summed E-state index contributed by atoms with van der Waals surface area (Å²) < 4.78 is 0. The highest BCUT2D eigenvalue weighted by Gasteiger charge is 2.11. The molecule has 0 aliphatic rings. The van der Waals surface area contributed by atoms with Crippen LogP contribution in [0.5, 0.6) is 0 Å². The van der Waals surface area contributed by atoms with Crippen molar-refractivity contribution in [3.05, 3.63) is 33.6 Å². The van der Waals surface area contributed by atoms with E-state index in [1.807, 2.05) is 0 Å². The standard InChI is InChI=1S/C10H11N3O2/c1-7(5-11)3-10-8(2)4-9(6-12-10)13(14)15/h4,6-7H,3H2,1-2H3. The Morgan fingerprint density at radius 3 is 2.87 bits per heavy atom. The summed E-state index contributed by atoms with van der Waals surface area (Å²) in [6.45, 7) is 3.56. The molecule has 1 unspecified atom stereocenters. The van der Waals surface area contributed by atoms with Gasteiger partial charge in [0.2, 0.25) is 0 Å². The van der Waals surface area contributed by atoms with Crippen molar-refractivity contribution in [1.82, 2.24) is 4.98 Å². The van der Waals surface area contributed by atoms with Gasteiger partial charge < -0.3 is 0 Å². The largest absolute Gasteiger partial charge is 0.287 e. The predicted octanol–water partition coefficient (Wildman–Crippen LogP) is 2.00. The molecule has 5 nitrogen and oxygen atoms in total. The van der Waals surface area contributed by atoms with Gasteiger partial charge in [-0.05, 0) is 19.4 Å². The summed E-state index contributed by atoms with van der Waals surface area (Å²) in [6.07, 6.45) is 1.76. The van der Waals surface area contributed by atoms with E-state index in [0.717, 1.165) is 11.3 Å². The summed E-state index contributed by atoms with van der Waals surface area (Å²) in [5.74, 6) is -0.127. The first-order chi connectivity index (χ1) is 7.04. The molecule has 0 saturated carbocycles. The minimum Gasteiger partial charge on any atom is -0.258 e. The quantitative estimate of drug-likeness (QED) is 0.558. The maximum Gasteiger partial charge on any atom is 0.287 e. The Kier molecular flexibility index (Phi) is 3.34. The van der Waals surface area contributed by atoms with Crippen LogP contribution in [-0.2, 0) is 6.42 Å². The summed E-state index contributed by atoms with van der Waals surface area (Å²) >= 11 is 0. The number of hydrogen-bond donors (Lipinski definition) is 0. The van der Waals surface area contributed by atoms with Crippen molar-refractivity contribution in [1.29, 1.82) is 5.26 Å². The van der Waals surface area contributed by atoms with Crippen molar-refractivity contribution in [2.45, 2.75) is 20.3 Å². The maximum atomic E-state index is 10.5. The molecular weight excluding hydrogens is 194 g/mol. The van der Waals surface area contributed by atoms with E-state index in [-0.39, 0.29) is 11.6 Å². The molecule has 1 aromatic rings. The highest BCUT2D eigenvalue weighted by atomic mass is 16.6. The van der Waals surface area contributed by atoms with Crippen molar-refractivity contribution in [2.24, 2.45) is 5.92 Å². The molecule has 1 aromatic heterocycles. The molecule has 1 rings (SSSR count). The van der Waals surface area contributed by atoms with Crippen LogP contribution in [0.15, 0.2) is 12.3 Å². The van der Waals surface area contributed by atoms with Gasteiger partial charge in [-0.15, -0.1) is 0 Å². The number of nitro groups is 1. The van der Waals surface area contributed by atoms with Crippen LogP contribution in [0.3, 0.4) is 0 Å². The van der Waals surface area contributed by atoms with Gasteiger partial charge in [0.15, 0.2) is 0 Å². The van der Waals surface area contributed by atoms with Gasteiger partial charge in [-0.25, -0.2) is 0 Å². The van der Waals surface area contributed by atoms with Gasteiger partial charge in [-0.2, -0.15) is 5.26 Å². The van der Waals surface area contributed by atoms with Gasteiger partial charge in [0, 0.05) is 24.1 Å². The third kappa shape index (κ3) is 2.74. The van der Waals surface area contributed by atoms with E-state index in [1.54, 1.807) is 13.8 Å². The Balaban J connectivity index is 2.94. The smallest absolute Gasteiger partial charge is 0.258 e. The fraction of sp³-hybridized carbons (Fsp3) is 0.400. The number of nitrogens with zero attached hydrogens (tertiary/aromatic N) is 3. The third-order valence-corrected chi connectivity index (χ3v) is 2.10. The van der Waals surface area contributed by atoms with E-state index in [1.165, 1.54) is 12.3 Å². The molecule has 15 heavy (non-hydrogen) atoms. The molecule has 0 N–H and O–H groups in total. The van der Waals surface area contributed by atoms with Crippen LogP contribution in [0.25, 0.3) is 0 Å². The zero-order valence-electron chi connectivity index (χ0n) is 8.60. The fourth-order valence-corrected chi connectivity index (χ4v) is 1.24. The highest BCUT2D eigenvalue weighted by molar-refractivity contribution is 5.33. The van der Waals surface area contributed by atoms with Gasteiger partial charge in [-0.1, -0.05) is 0 Å². The molecule has 0 radical (unpaired) electrons. The average molecular weight is 205 g/mol. The Labute approximate surface area is 87.5 Å². The lowest BCUT2D eigenvalue weighted by Crippen LogP contribution is -2.02. The summed E-state index contributed by atoms with van der Waals surface area (Å²) in [7, 11) is 0. The van der Waals surface area contributed by atoms with Crippen LogP contribution in [0.2, 0.25) is 0 Å². The maximum absolute atomic E-state index is 10.5. The van der Waals surface area contributed by atoms with Crippen molar-refractivity contribution < 1.29 is 4.92 Å². The van der Waals surface area contributed by atoms with E-state index in [4.69, 9.17) is 5.26 Å². The second-order valence-electron chi connectivity index (χ2n) is 3.45. The van der Waals surface area contributed by atoms with E-state index in [2.05, 4.69) is 11.1 Å². The summed E-state index contributed by atoms with van der Waals surface area (Å²) in [4.78, 5) is 14.0. The average Bonchev–Trinajstić information content (AvgIpc) is 2.20. The number of hydrogen-bond acceptors (Lipinski definition) is 4. The lowest BCUT2D eigenvalue weighted by atomic mass is 10.0. The van der Waals surface area contributed by atoms with Gasteiger partial charge >= 0.3 is 0 Å². The van der Waals surface area contributed by atoms with Gasteiger partial charge in [0.05, 0.1) is 11.0 Å². The van der Waals surface area contributed by atoms with Crippen molar-refractivity contribution in [3.8, 4) is 6.07 Å². The first-order valence-corrected chi connectivity index (χ1v) is 4.54. The van der Waals surface area contributed by atoms with E-state index in [9.17, 15) is 10.1 Å². The zero-order valence-corrected chi connectivity index (χ0v) is 8.60. The van der Waals surface area contributed by atoms with E-state index < -0.39 is 4.92 Å². The Morgan fingerprint density at radius 2 is 2.40 bits per heavy atom. The minimum absolute atomic E-state index is 0.0131.